The van der Waals surface area contributed by atoms with E-state index >= 15 is 0 Å². The second-order valence-electron chi connectivity index (χ2n) is 3.18. The third-order valence-corrected chi connectivity index (χ3v) is 2.06. The van der Waals surface area contributed by atoms with Gasteiger partial charge < -0.3 is 10.2 Å². The number of aliphatic hydroxyl groups is 2. The Morgan fingerprint density at radius 2 is 2.00 bits per heavy atom. The number of aromatic nitrogens is 3. The zero-order chi connectivity index (χ0) is 10.1. The number of fused-ring (bicyclic) bond motifs is 1. The van der Waals surface area contributed by atoms with Gasteiger partial charge in [0.05, 0.1) is 11.6 Å². The van der Waals surface area contributed by atoms with E-state index in [1.807, 2.05) is 12.1 Å². The average Bonchev–Trinajstić information content (AvgIpc) is 2.60. The standard InChI is InChI=1S/C9H11N3O2/c1-6(13)9(14)12-8-5-3-2-4-7(8)10-11-12/h2-6,9,13-14H,1H3. The zero-order valence-corrected chi connectivity index (χ0v) is 7.70. The molecular weight excluding hydrogens is 182 g/mol. The van der Waals surface area contributed by atoms with Crippen LogP contribution in [0.2, 0.25) is 0 Å². The summed E-state index contributed by atoms with van der Waals surface area (Å²) >= 11 is 0. The van der Waals surface area contributed by atoms with Gasteiger partial charge in [0.2, 0.25) is 0 Å². The van der Waals surface area contributed by atoms with Crippen molar-refractivity contribution in [2.75, 3.05) is 0 Å². The van der Waals surface area contributed by atoms with Crippen LogP contribution in [-0.4, -0.2) is 31.3 Å². The highest BCUT2D eigenvalue weighted by Gasteiger charge is 2.16. The van der Waals surface area contributed by atoms with Crippen molar-refractivity contribution >= 4 is 11.0 Å². The van der Waals surface area contributed by atoms with E-state index in [-0.39, 0.29) is 0 Å². The van der Waals surface area contributed by atoms with Gasteiger partial charge in [0.15, 0.2) is 6.23 Å². The minimum absolute atomic E-state index is 0.701. The molecule has 0 bridgehead atoms. The van der Waals surface area contributed by atoms with Crippen LogP contribution in [-0.2, 0) is 0 Å². The van der Waals surface area contributed by atoms with Gasteiger partial charge in [-0.1, -0.05) is 17.3 Å². The Bertz CT molecular complexity index is 438. The lowest BCUT2D eigenvalue weighted by molar-refractivity contribution is -0.0239. The third kappa shape index (κ3) is 1.36. The van der Waals surface area contributed by atoms with Crippen molar-refractivity contribution in [3.05, 3.63) is 24.3 Å². The first kappa shape index (κ1) is 9.11. The normalized spacial score (nSPS) is 15.6. The summed E-state index contributed by atoms with van der Waals surface area (Å²) in [6.07, 6.45) is -1.93. The van der Waals surface area contributed by atoms with Crippen molar-refractivity contribution in [3.63, 3.8) is 0 Å². The highest BCUT2D eigenvalue weighted by molar-refractivity contribution is 5.73. The molecule has 0 amide bonds. The highest BCUT2D eigenvalue weighted by Crippen LogP contribution is 2.15. The molecule has 0 aliphatic rings. The lowest BCUT2D eigenvalue weighted by Gasteiger charge is -2.13. The lowest BCUT2D eigenvalue weighted by Crippen LogP contribution is -2.21. The quantitative estimate of drug-likeness (QED) is 0.719. The molecule has 0 saturated heterocycles. The first-order valence-corrected chi connectivity index (χ1v) is 4.36. The number of nitrogens with zero attached hydrogens (tertiary/aromatic N) is 3. The summed E-state index contributed by atoms with van der Waals surface area (Å²) in [5, 5.41) is 26.4. The molecule has 5 heteroatoms. The minimum atomic E-state index is -1.05. The maximum Gasteiger partial charge on any atom is 0.175 e. The number of para-hydroxylation sites is 1. The van der Waals surface area contributed by atoms with Crippen molar-refractivity contribution < 1.29 is 10.2 Å². The largest absolute Gasteiger partial charge is 0.389 e. The van der Waals surface area contributed by atoms with Gasteiger partial charge in [-0.25, -0.2) is 4.68 Å². The summed E-state index contributed by atoms with van der Waals surface area (Å²) in [7, 11) is 0. The van der Waals surface area contributed by atoms with Crippen LogP contribution in [0.25, 0.3) is 11.0 Å². The Morgan fingerprint density at radius 1 is 1.29 bits per heavy atom. The van der Waals surface area contributed by atoms with Gasteiger partial charge in [-0.3, -0.25) is 0 Å². The van der Waals surface area contributed by atoms with E-state index in [0.717, 1.165) is 0 Å². The fourth-order valence-corrected chi connectivity index (χ4v) is 1.29. The molecule has 0 radical (unpaired) electrons. The fraction of sp³-hybridized carbons (Fsp3) is 0.333. The molecule has 0 saturated carbocycles. The summed E-state index contributed by atoms with van der Waals surface area (Å²) in [5.74, 6) is 0. The van der Waals surface area contributed by atoms with Gasteiger partial charge in [-0.15, -0.1) is 5.10 Å². The van der Waals surface area contributed by atoms with E-state index in [9.17, 15) is 10.2 Å². The van der Waals surface area contributed by atoms with E-state index in [1.54, 1.807) is 12.1 Å². The smallest absolute Gasteiger partial charge is 0.175 e. The van der Waals surface area contributed by atoms with Crippen LogP contribution < -0.4 is 0 Å². The van der Waals surface area contributed by atoms with Crippen LogP contribution >= 0.6 is 0 Å². The Labute approximate surface area is 80.6 Å². The molecule has 1 aromatic heterocycles. The Balaban J connectivity index is 2.53. The number of aliphatic hydroxyl groups excluding tert-OH is 2. The van der Waals surface area contributed by atoms with Crippen molar-refractivity contribution in [2.24, 2.45) is 0 Å². The monoisotopic (exact) mass is 193 g/mol. The van der Waals surface area contributed by atoms with Crippen molar-refractivity contribution in [1.82, 2.24) is 15.0 Å². The van der Waals surface area contributed by atoms with Gasteiger partial charge >= 0.3 is 0 Å². The number of hydrogen-bond donors (Lipinski definition) is 2. The van der Waals surface area contributed by atoms with Crippen LogP contribution in [0.3, 0.4) is 0 Å². The van der Waals surface area contributed by atoms with Crippen LogP contribution in [0.15, 0.2) is 24.3 Å². The molecule has 14 heavy (non-hydrogen) atoms. The van der Waals surface area contributed by atoms with E-state index in [2.05, 4.69) is 10.3 Å². The molecule has 2 aromatic rings. The number of benzene rings is 1. The van der Waals surface area contributed by atoms with E-state index < -0.39 is 12.3 Å². The second-order valence-corrected chi connectivity index (χ2v) is 3.18. The third-order valence-electron chi connectivity index (χ3n) is 2.06. The van der Waals surface area contributed by atoms with Crippen LogP contribution in [0, 0.1) is 0 Å². The fourth-order valence-electron chi connectivity index (χ4n) is 1.29. The van der Waals surface area contributed by atoms with Crippen molar-refractivity contribution in [1.29, 1.82) is 0 Å². The van der Waals surface area contributed by atoms with E-state index in [0.29, 0.717) is 11.0 Å². The number of rotatable bonds is 2. The zero-order valence-electron chi connectivity index (χ0n) is 7.70. The summed E-state index contributed by atoms with van der Waals surface area (Å²) < 4.78 is 1.31. The first-order valence-electron chi connectivity index (χ1n) is 4.36. The van der Waals surface area contributed by atoms with Crippen LogP contribution in [0.5, 0.6) is 0 Å². The van der Waals surface area contributed by atoms with Gasteiger partial charge in [0.25, 0.3) is 0 Å². The molecule has 0 aliphatic carbocycles. The maximum absolute atomic E-state index is 9.60. The highest BCUT2D eigenvalue weighted by atomic mass is 16.3. The van der Waals surface area contributed by atoms with Gasteiger partial charge in [-0.05, 0) is 19.1 Å². The average molecular weight is 193 g/mol. The molecule has 0 spiro atoms. The Hall–Kier alpha value is -1.46. The first-order chi connectivity index (χ1) is 6.70. The van der Waals surface area contributed by atoms with Crippen LogP contribution in [0.1, 0.15) is 13.2 Å². The summed E-state index contributed by atoms with van der Waals surface area (Å²) in [6, 6.07) is 7.27. The van der Waals surface area contributed by atoms with Gasteiger partial charge in [0, 0.05) is 0 Å². The lowest BCUT2D eigenvalue weighted by atomic mass is 10.3. The SMILES string of the molecule is CC(O)C(O)n1nnc2ccccc21. The summed E-state index contributed by atoms with van der Waals surface area (Å²) in [4.78, 5) is 0. The molecule has 0 fully saturated rings. The Kier molecular flexibility index (Phi) is 2.18. The molecule has 2 rings (SSSR count). The van der Waals surface area contributed by atoms with Crippen molar-refractivity contribution in [2.45, 2.75) is 19.3 Å². The molecule has 2 atom stereocenters. The van der Waals surface area contributed by atoms with E-state index in [1.165, 1.54) is 11.6 Å². The molecular formula is C9H11N3O2. The summed E-state index contributed by atoms with van der Waals surface area (Å²) in [6.45, 7) is 1.50. The van der Waals surface area contributed by atoms with Crippen molar-refractivity contribution in [3.8, 4) is 0 Å². The minimum Gasteiger partial charge on any atom is -0.389 e. The predicted octanol–water partition coefficient (Wildman–Crippen LogP) is 0.303. The summed E-state index contributed by atoms with van der Waals surface area (Å²) in [5.41, 5.74) is 1.41. The molecule has 1 heterocycles. The topological polar surface area (TPSA) is 71.2 Å². The molecule has 5 nitrogen and oxygen atoms in total. The number of hydrogen-bond acceptors (Lipinski definition) is 4. The predicted molar refractivity (Wildman–Crippen MR) is 50.5 cm³/mol. The second kappa shape index (κ2) is 3.36. The van der Waals surface area contributed by atoms with Gasteiger partial charge in [-0.2, -0.15) is 0 Å². The maximum atomic E-state index is 9.60. The van der Waals surface area contributed by atoms with E-state index in [4.69, 9.17) is 0 Å². The molecule has 2 unspecified atom stereocenters. The van der Waals surface area contributed by atoms with Gasteiger partial charge in [0.1, 0.15) is 5.52 Å². The Morgan fingerprint density at radius 3 is 2.71 bits per heavy atom. The van der Waals surface area contributed by atoms with Crippen LogP contribution in [0.4, 0.5) is 0 Å². The molecule has 0 aliphatic heterocycles. The molecule has 2 N–H and O–H groups in total. The molecule has 74 valence electrons. The molecule has 1 aromatic carbocycles.